The van der Waals surface area contributed by atoms with E-state index in [1.165, 1.54) is 0 Å². The summed E-state index contributed by atoms with van der Waals surface area (Å²) in [6, 6.07) is 9.35. The van der Waals surface area contributed by atoms with Crippen molar-refractivity contribution in [2.45, 2.75) is 51.4 Å². The topological polar surface area (TPSA) is 37.3 Å². The standard InChI is InChI=1S/C18H24F2O2/c1-12(2)10-15(13-6-4-3-5-7-13)16-11-14(17(21)22)8-9-18(16,19)20/h3-7,12,14-16H,8-11H2,1-2H3,(H,21,22). The number of hydrogen-bond donors (Lipinski definition) is 1. The molecule has 0 bridgehead atoms. The third kappa shape index (κ3) is 3.84. The van der Waals surface area contributed by atoms with Gasteiger partial charge in [-0.3, -0.25) is 4.79 Å². The van der Waals surface area contributed by atoms with Crippen LogP contribution in [0.25, 0.3) is 0 Å². The number of hydrogen-bond acceptors (Lipinski definition) is 1. The van der Waals surface area contributed by atoms with Crippen LogP contribution < -0.4 is 0 Å². The van der Waals surface area contributed by atoms with E-state index in [1.807, 2.05) is 44.2 Å². The first-order chi connectivity index (χ1) is 10.3. The summed E-state index contributed by atoms with van der Waals surface area (Å²) in [6.45, 7) is 4.04. The molecule has 0 aromatic heterocycles. The van der Waals surface area contributed by atoms with E-state index >= 15 is 0 Å². The van der Waals surface area contributed by atoms with Crippen LogP contribution in [0.2, 0.25) is 0 Å². The highest BCUT2D eigenvalue weighted by Crippen LogP contribution is 2.49. The Bertz CT molecular complexity index is 499. The summed E-state index contributed by atoms with van der Waals surface area (Å²) < 4.78 is 29.0. The van der Waals surface area contributed by atoms with Crippen molar-refractivity contribution in [1.29, 1.82) is 0 Å². The van der Waals surface area contributed by atoms with Gasteiger partial charge in [0.2, 0.25) is 0 Å². The highest BCUT2D eigenvalue weighted by Gasteiger charge is 2.49. The molecule has 0 saturated heterocycles. The van der Waals surface area contributed by atoms with Gasteiger partial charge < -0.3 is 5.11 Å². The van der Waals surface area contributed by atoms with E-state index < -0.39 is 23.7 Å². The number of halogens is 2. The fourth-order valence-electron chi connectivity index (χ4n) is 3.57. The molecule has 1 aromatic carbocycles. The maximum Gasteiger partial charge on any atom is 0.306 e. The molecule has 1 aliphatic rings. The molecule has 0 spiro atoms. The van der Waals surface area contributed by atoms with Crippen LogP contribution in [0, 0.1) is 17.8 Å². The molecule has 1 aromatic rings. The van der Waals surface area contributed by atoms with Crippen LogP contribution in [0.4, 0.5) is 8.78 Å². The number of aliphatic carboxylic acids is 1. The van der Waals surface area contributed by atoms with Gasteiger partial charge in [0.1, 0.15) is 0 Å². The van der Waals surface area contributed by atoms with Crippen molar-refractivity contribution in [3.05, 3.63) is 35.9 Å². The SMILES string of the molecule is CC(C)CC(c1ccccc1)C1CC(C(=O)O)CCC1(F)F. The summed E-state index contributed by atoms with van der Waals surface area (Å²) in [5.74, 6) is -5.29. The van der Waals surface area contributed by atoms with Crippen LogP contribution in [-0.2, 0) is 4.79 Å². The van der Waals surface area contributed by atoms with E-state index in [-0.39, 0.29) is 31.1 Å². The van der Waals surface area contributed by atoms with Gasteiger partial charge in [0.15, 0.2) is 0 Å². The normalized spacial score (nSPS) is 25.9. The Morgan fingerprint density at radius 3 is 2.50 bits per heavy atom. The Hall–Kier alpha value is -1.45. The van der Waals surface area contributed by atoms with Gasteiger partial charge in [-0.1, -0.05) is 44.2 Å². The Balaban J connectivity index is 2.32. The minimum atomic E-state index is -2.79. The zero-order valence-electron chi connectivity index (χ0n) is 13.1. The fourth-order valence-corrected chi connectivity index (χ4v) is 3.57. The highest BCUT2D eigenvalue weighted by atomic mass is 19.3. The third-order valence-corrected chi connectivity index (χ3v) is 4.70. The maximum atomic E-state index is 14.5. The van der Waals surface area contributed by atoms with Crippen molar-refractivity contribution in [3.8, 4) is 0 Å². The molecule has 2 rings (SSSR count). The molecule has 4 heteroatoms. The van der Waals surface area contributed by atoms with Crippen molar-refractivity contribution >= 4 is 5.97 Å². The predicted molar refractivity (Wildman–Crippen MR) is 82.1 cm³/mol. The molecular formula is C18H24F2O2. The smallest absolute Gasteiger partial charge is 0.306 e. The first kappa shape index (κ1) is 16.9. The molecule has 22 heavy (non-hydrogen) atoms. The zero-order valence-corrected chi connectivity index (χ0v) is 13.1. The Morgan fingerprint density at radius 1 is 1.32 bits per heavy atom. The third-order valence-electron chi connectivity index (χ3n) is 4.70. The van der Waals surface area contributed by atoms with Crippen LogP contribution in [-0.4, -0.2) is 17.0 Å². The van der Waals surface area contributed by atoms with E-state index in [4.69, 9.17) is 0 Å². The van der Waals surface area contributed by atoms with E-state index in [2.05, 4.69) is 0 Å². The summed E-state index contributed by atoms with van der Waals surface area (Å²) in [5.41, 5.74) is 0.895. The minimum absolute atomic E-state index is 0.0641. The second kappa shape index (κ2) is 6.76. The van der Waals surface area contributed by atoms with Crippen molar-refractivity contribution in [2.24, 2.45) is 17.8 Å². The minimum Gasteiger partial charge on any atom is -0.481 e. The highest BCUT2D eigenvalue weighted by molar-refractivity contribution is 5.70. The molecule has 3 unspecified atom stereocenters. The van der Waals surface area contributed by atoms with Gasteiger partial charge in [-0.2, -0.15) is 0 Å². The van der Waals surface area contributed by atoms with E-state index in [0.717, 1.165) is 5.56 Å². The van der Waals surface area contributed by atoms with Crippen molar-refractivity contribution in [1.82, 2.24) is 0 Å². The van der Waals surface area contributed by atoms with Gasteiger partial charge in [0.05, 0.1) is 5.92 Å². The number of carboxylic acid groups (broad SMARTS) is 1. The van der Waals surface area contributed by atoms with E-state index in [9.17, 15) is 18.7 Å². The van der Waals surface area contributed by atoms with Crippen LogP contribution in [0.15, 0.2) is 30.3 Å². The van der Waals surface area contributed by atoms with Crippen molar-refractivity contribution in [3.63, 3.8) is 0 Å². The van der Waals surface area contributed by atoms with Crippen molar-refractivity contribution < 1.29 is 18.7 Å². The maximum absolute atomic E-state index is 14.5. The average molecular weight is 310 g/mol. The molecule has 3 atom stereocenters. The van der Waals surface area contributed by atoms with Gasteiger partial charge in [0, 0.05) is 12.3 Å². The number of alkyl halides is 2. The largest absolute Gasteiger partial charge is 0.481 e. The van der Waals surface area contributed by atoms with E-state index in [0.29, 0.717) is 6.42 Å². The van der Waals surface area contributed by atoms with Crippen LogP contribution in [0.3, 0.4) is 0 Å². The first-order valence-electron chi connectivity index (χ1n) is 7.97. The van der Waals surface area contributed by atoms with Crippen LogP contribution in [0.5, 0.6) is 0 Å². The lowest BCUT2D eigenvalue weighted by molar-refractivity contribution is -0.152. The van der Waals surface area contributed by atoms with Gasteiger partial charge >= 0.3 is 5.97 Å². The quantitative estimate of drug-likeness (QED) is 0.835. The Morgan fingerprint density at radius 2 is 1.95 bits per heavy atom. The van der Waals surface area contributed by atoms with Gasteiger partial charge in [-0.15, -0.1) is 0 Å². The zero-order chi connectivity index (χ0) is 16.3. The fraction of sp³-hybridized carbons (Fsp3) is 0.611. The number of benzene rings is 1. The Kier molecular flexibility index (Phi) is 5.20. The lowest BCUT2D eigenvalue weighted by Gasteiger charge is -2.40. The molecule has 0 aliphatic heterocycles. The second-order valence-corrected chi connectivity index (χ2v) is 6.82. The molecule has 1 aliphatic carbocycles. The van der Waals surface area contributed by atoms with Gasteiger partial charge in [0.25, 0.3) is 5.92 Å². The molecule has 0 amide bonds. The molecular weight excluding hydrogens is 286 g/mol. The number of rotatable bonds is 5. The summed E-state index contributed by atoms with van der Waals surface area (Å²) >= 11 is 0. The average Bonchev–Trinajstić information content (AvgIpc) is 2.45. The Labute approximate surface area is 130 Å². The predicted octanol–water partition coefficient (Wildman–Crippen LogP) is 4.95. The summed E-state index contributed by atoms with van der Waals surface area (Å²) in [4.78, 5) is 11.2. The summed E-state index contributed by atoms with van der Waals surface area (Å²) in [7, 11) is 0. The van der Waals surface area contributed by atoms with Crippen LogP contribution in [0.1, 0.15) is 51.0 Å². The molecule has 0 heterocycles. The van der Waals surface area contributed by atoms with Crippen molar-refractivity contribution in [2.75, 3.05) is 0 Å². The molecule has 0 radical (unpaired) electrons. The summed E-state index contributed by atoms with van der Waals surface area (Å²) in [5, 5.41) is 9.22. The van der Waals surface area contributed by atoms with Crippen LogP contribution >= 0.6 is 0 Å². The van der Waals surface area contributed by atoms with Gasteiger partial charge in [-0.25, -0.2) is 8.78 Å². The first-order valence-corrected chi connectivity index (χ1v) is 7.97. The summed E-state index contributed by atoms with van der Waals surface area (Å²) in [6.07, 6.45) is 0.462. The molecule has 122 valence electrons. The molecule has 1 N–H and O–H groups in total. The van der Waals surface area contributed by atoms with E-state index in [1.54, 1.807) is 0 Å². The molecule has 1 fully saturated rings. The lowest BCUT2D eigenvalue weighted by atomic mass is 9.68. The number of carbonyl (C=O) groups is 1. The second-order valence-electron chi connectivity index (χ2n) is 6.82. The molecule has 2 nitrogen and oxygen atoms in total. The monoisotopic (exact) mass is 310 g/mol. The molecule has 1 saturated carbocycles. The van der Waals surface area contributed by atoms with Gasteiger partial charge in [-0.05, 0) is 36.7 Å². The number of carboxylic acids is 1. The lowest BCUT2D eigenvalue weighted by Crippen LogP contribution is -2.41.